The summed E-state index contributed by atoms with van der Waals surface area (Å²) >= 11 is 0. The number of anilines is 1. The number of amides is 1. The number of hydrogen-bond donors (Lipinski definition) is 1. The molecule has 1 aromatic heterocycles. The van der Waals surface area contributed by atoms with Gasteiger partial charge in [-0.15, -0.1) is 0 Å². The van der Waals surface area contributed by atoms with Crippen molar-refractivity contribution in [3.05, 3.63) is 66.5 Å². The van der Waals surface area contributed by atoms with Crippen LogP contribution in [0.2, 0.25) is 0 Å². The molecule has 0 aliphatic carbocycles. The number of aromatic amines is 1. The zero-order chi connectivity index (χ0) is 17.9. The molecule has 5 heteroatoms. The van der Waals surface area contributed by atoms with E-state index in [0.717, 1.165) is 42.0 Å². The molecule has 3 aromatic rings. The lowest BCUT2D eigenvalue weighted by Gasteiger charge is -2.19. The average Bonchev–Trinajstić information content (AvgIpc) is 3.33. The van der Waals surface area contributed by atoms with Crippen LogP contribution < -0.4 is 9.64 Å². The number of ether oxygens (including phenoxy) is 1. The molecule has 1 N–H and O–H groups in total. The van der Waals surface area contributed by atoms with Crippen LogP contribution in [-0.2, 0) is 11.2 Å². The summed E-state index contributed by atoms with van der Waals surface area (Å²) in [5.74, 6) is 0.965. The van der Waals surface area contributed by atoms with Gasteiger partial charge in [-0.3, -0.25) is 9.89 Å². The van der Waals surface area contributed by atoms with Gasteiger partial charge in [0.2, 0.25) is 5.91 Å². The molecular weight excluding hydrogens is 326 g/mol. The van der Waals surface area contributed by atoms with Crippen molar-refractivity contribution in [2.75, 3.05) is 18.6 Å². The van der Waals surface area contributed by atoms with Crippen molar-refractivity contribution in [1.82, 2.24) is 10.2 Å². The SMILES string of the molecule is COc1cc(N2CC[C@@H](Cc3ccccc3)C2=O)ccc1-c1cn[nH]c1. The van der Waals surface area contributed by atoms with E-state index < -0.39 is 0 Å². The van der Waals surface area contributed by atoms with Crippen molar-refractivity contribution >= 4 is 11.6 Å². The third-order valence-electron chi connectivity index (χ3n) is 4.95. The first-order valence-corrected chi connectivity index (χ1v) is 8.79. The number of benzene rings is 2. The zero-order valence-corrected chi connectivity index (χ0v) is 14.7. The highest BCUT2D eigenvalue weighted by atomic mass is 16.5. The van der Waals surface area contributed by atoms with Gasteiger partial charge in [-0.1, -0.05) is 30.3 Å². The lowest BCUT2D eigenvalue weighted by Crippen LogP contribution is -2.27. The summed E-state index contributed by atoms with van der Waals surface area (Å²) in [5.41, 5.74) is 4.01. The van der Waals surface area contributed by atoms with Crippen LogP contribution in [0.1, 0.15) is 12.0 Å². The highest BCUT2D eigenvalue weighted by Crippen LogP contribution is 2.35. The molecule has 2 heterocycles. The van der Waals surface area contributed by atoms with Gasteiger partial charge in [-0.25, -0.2) is 0 Å². The highest BCUT2D eigenvalue weighted by molar-refractivity contribution is 5.98. The van der Waals surface area contributed by atoms with Crippen LogP contribution in [0.15, 0.2) is 60.9 Å². The summed E-state index contributed by atoms with van der Waals surface area (Å²) in [6.07, 6.45) is 5.25. The molecule has 0 saturated carbocycles. The average molecular weight is 347 g/mol. The summed E-state index contributed by atoms with van der Waals surface area (Å²) < 4.78 is 5.55. The van der Waals surface area contributed by atoms with Crippen molar-refractivity contribution in [1.29, 1.82) is 0 Å². The van der Waals surface area contributed by atoms with E-state index in [4.69, 9.17) is 4.74 Å². The van der Waals surface area contributed by atoms with Crippen LogP contribution in [0.3, 0.4) is 0 Å². The maximum absolute atomic E-state index is 12.9. The van der Waals surface area contributed by atoms with Crippen LogP contribution in [0.4, 0.5) is 5.69 Å². The molecule has 26 heavy (non-hydrogen) atoms. The number of methoxy groups -OCH3 is 1. The van der Waals surface area contributed by atoms with Gasteiger partial charge in [0.15, 0.2) is 0 Å². The standard InChI is InChI=1S/C21H21N3O2/c1-26-20-12-18(7-8-19(20)17-13-22-23-14-17)24-10-9-16(21(24)25)11-15-5-3-2-4-6-15/h2-8,12-14,16H,9-11H2,1H3,(H,22,23)/t16-/m0/s1. The number of carbonyl (C=O) groups excluding carboxylic acids is 1. The molecule has 0 radical (unpaired) electrons. The fourth-order valence-corrected chi connectivity index (χ4v) is 3.57. The third kappa shape index (κ3) is 3.08. The van der Waals surface area contributed by atoms with E-state index in [1.165, 1.54) is 5.56 Å². The molecule has 5 nitrogen and oxygen atoms in total. The summed E-state index contributed by atoms with van der Waals surface area (Å²) in [6, 6.07) is 16.1. The Morgan fingerprint density at radius 2 is 2.08 bits per heavy atom. The third-order valence-corrected chi connectivity index (χ3v) is 4.95. The smallest absolute Gasteiger partial charge is 0.230 e. The molecule has 1 fully saturated rings. The first-order chi connectivity index (χ1) is 12.8. The van der Waals surface area contributed by atoms with Crippen molar-refractivity contribution in [3.63, 3.8) is 0 Å². The van der Waals surface area contributed by atoms with Crippen LogP contribution in [0.25, 0.3) is 11.1 Å². The number of hydrogen-bond acceptors (Lipinski definition) is 3. The maximum atomic E-state index is 12.9. The number of carbonyl (C=O) groups is 1. The largest absolute Gasteiger partial charge is 0.496 e. The Morgan fingerprint density at radius 3 is 2.81 bits per heavy atom. The molecule has 1 amide bonds. The van der Waals surface area contributed by atoms with Gasteiger partial charge in [0, 0.05) is 41.5 Å². The normalized spacial score (nSPS) is 16.9. The van der Waals surface area contributed by atoms with E-state index in [0.29, 0.717) is 0 Å². The van der Waals surface area contributed by atoms with E-state index in [1.54, 1.807) is 13.3 Å². The lowest BCUT2D eigenvalue weighted by molar-refractivity contribution is -0.120. The fraction of sp³-hybridized carbons (Fsp3) is 0.238. The molecule has 1 atom stereocenters. The van der Waals surface area contributed by atoms with Gasteiger partial charge in [0.05, 0.1) is 13.3 Å². The molecule has 2 aromatic carbocycles. The van der Waals surface area contributed by atoms with E-state index in [9.17, 15) is 4.79 Å². The van der Waals surface area contributed by atoms with Crippen molar-refractivity contribution in [2.45, 2.75) is 12.8 Å². The summed E-state index contributed by atoms with van der Waals surface area (Å²) in [7, 11) is 1.65. The van der Waals surface area contributed by atoms with Crippen LogP contribution in [-0.4, -0.2) is 29.8 Å². The molecule has 1 saturated heterocycles. The Balaban J connectivity index is 1.55. The van der Waals surface area contributed by atoms with Crippen LogP contribution in [0, 0.1) is 5.92 Å². The molecule has 132 valence electrons. The molecular formula is C21H21N3O2. The zero-order valence-electron chi connectivity index (χ0n) is 14.7. The Hall–Kier alpha value is -3.08. The van der Waals surface area contributed by atoms with Crippen molar-refractivity contribution in [2.24, 2.45) is 5.92 Å². The second kappa shape index (κ2) is 7.04. The second-order valence-electron chi connectivity index (χ2n) is 6.54. The lowest BCUT2D eigenvalue weighted by atomic mass is 9.98. The van der Waals surface area contributed by atoms with Gasteiger partial charge in [-0.05, 0) is 30.5 Å². The Morgan fingerprint density at radius 1 is 1.23 bits per heavy atom. The highest BCUT2D eigenvalue weighted by Gasteiger charge is 2.32. The van der Waals surface area contributed by atoms with Crippen LogP contribution >= 0.6 is 0 Å². The first-order valence-electron chi connectivity index (χ1n) is 8.79. The van der Waals surface area contributed by atoms with E-state index in [1.807, 2.05) is 47.5 Å². The summed E-state index contributed by atoms with van der Waals surface area (Å²) in [6.45, 7) is 0.741. The molecule has 1 aliphatic heterocycles. The Kier molecular flexibility index (Phi) is 4.44. The van der Waals surface area contributed by atoms with Crippen molar-refractivity contribution < 1.29 is 9.53 Å². The molecule has 0 bridgehead atoms. The van der Waals surface area contributed by atoms with Gasteiger partial charge >= 0.3 is 0 Å². The van der Waals surface area contributed by atoms with Crippen LogP contribution in [0.5, 0.6) is 5.75 Å². The number of aromatic nitrogens is 2. The predicted molar refractivity (Wildman–Crippen MR) is 101 cm³/mol. The summed E-state index contributed by atoms with van der Waals surface area (Å²) in [5, 5.41) is 6.81. The maximum Gasteiger partial charge on any atom is 0.230 e. The monoisotopic (exact) mass is 347 g/mol. The first kappa shape index (κ1) is 16.4. The van der Waals surface area contributed by atoms with E-state index >= 15 is 0 Å². The van der Waals surface area contributed by atoms with E-state index in [-0.39, 0.29) is 11.8 Å². The van der Waals surface area contributed by atoms with Gasteiger partial charge < -0.3 is 9.64 Å². The van der Waals surface area contributed by atoms with E-state index in [2.05, 4.69) is 22.3 Å². The quantitative estimate of drug-likeness (QED) is 0.766. The molecule has 4 rings (SSSR count). The number of nitrogens with one attached hydrogen (secondary N) is 1. The molecule has 0 spiro atoms. The van der Waals surface area contributed by atoms with Gasteiger partial charge in [0.25, 0.3) is 0 Å². The Bertz CT molecular complexity index is 891. The molecule has 1 aliphatic rings. The Labute approximate surface area is 152 Å². The minimum atomic E-state index is 0.0388. The topological polar surface area (TPSA) is 58.2 Å². The minimum Gasteiger partial charge on any atom is -0.496 e. The van der Waals surface area contributed by atoms with Gasteiger partial charge in [-0.2, -0.15) is 5.10 Å². The number of nitrogens with zero attached hydrogens (tertiary/aromatic N) is 2. The number of rotatable bonds is 5. The molecule has 0 unspecified atom stereocenters. The fourth-order valence-electron chi connectivity index (χ4n) is 3.57. The van der Waals surface area contributed by atoms with Crippen molar-refractivity contribution in [3.8, 4) is 16.9 Å². The second-order valence-corrected chi connectivity index (χ2v) is 6.54. The predicted octanol–water partition coefficient (Wildman–Crippen LogP) is 3.68. The summed E-state index contributed by atoms with van der Waals surface area (Å²) in [4.78, 5) is 14.8. The van der Waals surface area contributed by atoms with Gasteiger partial charge in [0.1, 0.15) is 5.75 Å². The minimum absolute atomic E-state index is 0.0388. The number of H-pyrrole nitrogens is 1.